The van der Waals surface area contributed by atoms with E-state index in [1.165, 1.54) is 19.3 Å². The van der Waals surface area contributed by atoms with Gasteiger partial charge >= 0.3 is 11.9 Å². The van der Waals surface area contributed by atoms with Gasteiger partial charge in [0.25, 0.3) is 0 Å². The first kappa shape index (κ1) is 21.5. The van der Waals surface area contributed by atoms with Gasteiger partial charge in [0.05, 0.1) is 12.5 Å². The highest BCUT2D eigenvalue weighted by Gasteiger charge is 2.08. The monoisotopic (exact) mass is 309 g/mol. The molecule has 0 spiro atoms. The Morgan fingerprint density at radius 1 is 1.15 bits per heavy atom. The van der Waals surface area contributed by atoms with Crippen LogP contribution in [0.25, 0.3) is 0 Å². The van der Waals surface area contributed by atoms with E-state index < -0.39 is 24.1 Å². The Labute approximate surface area is 125 Å². The van der Waals surface area contributed by atoms with E-state index in [-0.39, 0.29) is 12.2 Å². The minimum absolute atomic E-state index is 0.117. The van der Waals surface area contributed by atoms with Gasteiger partial charge in [0.1, 0.15) is 6.04 Å². The second-order valence-corrected chi connectivity index (χ2v) is 4.95. The summed E-state index contributed by atoms with van der Waals surface area (Å²) in [5.41, 5.74) is 4.94. The first-order valence-electron chi connectivity index (χ1n) is 6.84. The van der Waals surface area contributed by atoms with Gasteiger partial charge in [-0.25, -0.2) is 0 Å². The minimum atomic E-state index is -1.00. The van der Waals surface area contributed by atoms with E-state index in [9.17, 15) is 14.7 Å². The van der Waals surface area contributed by atoms with Crippen LogP contribution >= 0.6 is 12.6 Å². The molecule has 0 rings (SSSR count). The fourth-order valence-electron chi connectivity index (χ4n) is 1.37. The van der Waals surface area contributed by atoms with Gasteiger partial charge in [-0.2, -0.15) is 12.6 Å². The van der Waals surface area contributed by atoms with Crippen molar-refractivity contribution in [1.82, 2.24) is 0 Å². The van der Waals surface area contributed by atoms with E-state index in [0.717, 1.165) is 12.8 Å². The Morgan fingerprint density at radius 3 is 2.05 bits per heavy atom. The molecule has 120 valence electrons. The molecule has 5 N–H and O–H groups in total. The van der Waals surface area contributed by atoms with Crippen LogP contribution < -0.4 is 5.73 Å². The molecule has 20 heavy (non-hydrogen) atoms. The van der Waals surface area contributed by atoms with E-state index in [1.807, 2.05) is 0 Å². The zero-order valence-corrected chi connectivity index (χ0v) is 12.9. The summed E-state index contributed by atoms with van der Waals surface area (Å²) in [6.07, 6.45) is 5.52. The maximum Gasteiger partial charge on any atom is 0.321 e. The lowest BCUT2D eigenvalue weighted by atomic mass is 10.1. The van der Waals surface area contributed by atoms with Crippen LogP contribution in [0.3, 0.4) is 0 Å². The molecule has 2 atom stereocenters. The molecule has 0 radical (unpaired) electrons. The highest BCUT2D eigenvalue weighted by atomic mass is 32.1. The van der Waals surface area contributed by atoms with Crippen molar-refractivity contribution < 1.29 is 24.9 Å². The molecule has 0 aliphatic rings. The number of rotatable bonds is 10. The van der Waals surface area contributed by atoms with Crippen molar-refractivity contribution in [2.75, 3.05) is 5.75 Å². The summed E-state index contributed by atoms with van der Waals surface area (Å²) in [6, 6.07) is -0.816. The van der Waals surface area contributed by atoms with Crippen LogP contribution in [-0.2, 0) is 9.59 Å². The zero-order valence-electron chi connectivity index (χ0n) is 12.0. The lowest BCUT2D eigenvalue weighted by molar-refractivity contribution is -0.139. The quantitative estimate of drug-likeness (QED) is 0.308. The molecule has 0 aromatic rings. The summed E-state index contributed by atoms with van der Waals surface area (Å²) in [6.45, 7) is 2.15. The van der Waals surface area contributed by atoms with Crippen LogP contribution in [0.2, 0.25) is 0 Å². The number of carbonyl (C=O) groups is 2. The SMILES string of the molecule is CCCCCCCC(O)CC(=O)O.NC(CS)C(=O)O. The molecule has 0 aliphatic heterocycles. The molecular formula is C13H27NO5S. The smallest absolute Gasteiger partial charge is 0.321 e. The van der Waals surface area contributed by atoms with Gasteiger partial charge in [-0.1, -0.05) is 39.0 Å². The Kier molecular flexibility index (Phi) is 15.7. The van der Waals surface area contributed by atoms with Crippen molar-refractivity contribution in [1.29, 1.82) is 0 Å². The van der Waals surface area contributed by atoms with Crippen molar-refractivity contribution in [3.63, 3.8) is 0 Å². The molecule has 0 fully saturated rings. The van der Waals surface area contributed by atoms with Crippen LogP contribution in [0.5, 0.6) is 0 Å². The highest BCUT2D eigenvalue weighted by Crippen LogP contribution is 2.08. The van der Waals surface area contributed by atoms with E-state index in [1.54, 1.807) is 0 Å². The van der Waals surface area contributed by atoms with Gasteiger partial charge in [0.2, 0.25) is 0 Å². The molecule has 0 saturated carbocycles. The molecule has 0 bridgehead atoms. The van der Waals surface area contributed by atoms with Gasteiger partial charge in [-0.05, 0) is 6.42 Å². The predicted molar refractivity (Wildman–Crippen MR) is 81.1 cm³/mol. The maximum atomic E-state index is 10.2. The number of unbranched alkanes of at least 4 members (excludes halogenated alkanes) is 4. The minimum Gasteiger partial charge on any atom is -0.481 e. The number of aliphatic hydroxyl groups excluding tert-OH is 1. The summed E-state index contributed by atoms with van der Waals surface area (Å²) in [7, 11) is 0. The van der Waals surface area contributed by atoms with E-state index in [2.05, 4.69) is 19.6 Å². The summed E-state index contributed by atoms with van der Waals surface area (Å²) in [4.78, 5) is 19.9. The average molecular weight is 309 g/mol. The molecule has 0 aromatic heterocycles. The van der Waals surface area contributed by atoms with Gasteiger partial charge in [-0.3, -0.25) is 9.59 Å². The number of hydrogen-bond acceptors (Lipinski definition) is 5. The Morgan fingerprint density at radius 2 is 1.70 bits per heavy atom. The van der Waals surface area contributed by atoms with Crippen molar-refractivity contribution >= 4 is 24.6 Å². The summed E-state index contributed by atoms with van der Waals surface area (Å²) < 4.78 is 0. The standard InChI is InChI=1S/C10H20O3.C3H7NO2S/c1-2-3-4-5-6-7-9(11)8-10(12)13;4-2(1-7)3(5)6/h9,11H,2-8H2,1H3,(H,12,13);2,7H,1,4H2,(H,5,6). The van der Waals surface area contributed by atoms with Gasteiger partial charge < -0.3 is 21.1 Å². The number of nitrogens with two attached hydrogens (primary N) is 1. The van der Waals surface area contributed by atoms with Crippen molar-refractivity contribution in [3.8, 4) is 0 Å². The normalized spacial score (nSPS) is 13.0. The van der Waals surface area contributed by atoms with Gasteiger partial charge in [-0.15, -0.1) is 0 Å². The Hall–Kier alpha value is -0.790. The fraction of sp³-hybridized carbons (Fsp3) is 0.846. The molecule has 7 heteroatoms. The molecular weight excluding hydrogens is 282 g/mol. The number of thiol groups is 1. The van der Waals surface area contributed by atoms with Crippen molar-refractivity contribution in [3.05, 3.63) is 0 Å². The molecule has 0 aliphatic carbocycles. The fourth-order valence-corrected chi connectivity index (χ4v) is 1.52. The topological polar surface area (TPSA) is 121 Å². The Bertz CT molecular complexity index is 263. The van der Waals surface area contributed by atoms with Crippen LogP contribution in [0.4, 0.5) is 0 Å². The lowest BCUT2D eigenvalue weighted by Gasteiger charge is -2.06. The van der Waals surface area contributed by atoms with Crippen molar-refractivity contribution in [2.24, 2.45) is 5.73 Å². The molecule has 2 unspecified atom stereocenters. The van der Waals surface area contributed by atoms with Crippen LogP contribution in [0, 0.1) is 0 Å². The zero-order chi connectivity index (χ0) is 16.0. The summed E-state index contributed by atoms with van der Waals surface area (Å²) in [5.74, 6) is -1.73. The average Bonchev–Trinajstić information content (AvgIpc) is 2.37. The third kappa shape index (κ3) is 17.2. The number of aliphatic carboxylic acids is 2. The number of hydrogen-bond donors (Lipinski definition) is 5. The molecule has 0 saturated heterocycles. The maximum absolute atomic E-state index is 10.2. The predicted octanol–water partition coefficient (Wildman–Crippen LogP) is 1.51. The van der Waals surface area contributed by atoms with Gasteiger partial charge in [0, 0.05) is 5.75 Å². The summed E-state index contributed by atoms with van der Waals surface area (Å²) in [5, 5.41) is 25.6. The molecule has 0 heterocycles. The third-order valence-electron chi connectivity index (χ3n) is 2.57. The van der Waals surface area contributed by atoms with E-state index >= 15 is 0 Å². The van der Waals surface area contributed by atoms with Crippen LogP contribution in [0.15, 0.2) is 0 Å². The lowest BCUT2D eigenvalue weighted by Crippen LogP contribution is -2.31. The first-order valence-corrected chi connectivity index (χ1v) is 7.47. The number of carboxylic acids is 2. The molecule has 0 amide bonds. The second kappa shape index (κ2) is 14.6. The molecule has 0 aromatic carbocycles. The largest absolute Gasteiger partial charge is 0.481 e. The van der Waals surface area contributed by atoms with Crippen LogP contribution in [-0.4, -0.2) is 45.2 Å². The first-order chi connectivity index (χ1) is 9.34. The molecule has 6 nitrogen and oxygen atoms in total. The summed E-state index contributed by atoms with van der Waals surface area (Å²) >= 11 is 3.65. The Balaban J connectivity index is 0. The van der Waals surface area contributed by atoms with Crippen molar-refractivity contribution in [2.45, 2.75) is 64.0 Å². The second-order valence-electron chi connectivity index (χ2n) is 4.58. The number of aliphatic hydroxyl groups is 1. The van der Waals surface area contributed by atoms with Crippen LogP contribution in [0.1, 0.15) is 51.9 Å². The highest BCUT2D eigenvalue weighted by molar-refractivity contribution is 7.80. The van der Waals surface area contributed by atoms with Gasteiger partial charge in [0.15, 0.2) is 0 Å². The van der Waals surface area contributed by atoms with E-state index in [0.29, 0.717) is 6.42 Å². The van der Waals surface area contributed by atoms with E-state index in [4.69, 9.17) is 15.9 Å². The third-order valence-corrected chi connectivity index (χ3v) is 2.96. The number of carboxylic acid groups (broad SMARTS) is 2.